The number of rotatable bonds is 7. The van der Waals surface area contributed by atoms with E-state index in [9.17, 15) is 4.79 Å². The number of aliphatic hydroxyl groups excluding tert-OH is 1. The van der Waals surface area contributed by atoms with Crippen molar-refractivity contribution < 1.29 is 9.90 Å². The van der Waals surface area contributed by atoms with Gasteiger partial charge in [-0.2, -0.15) is 0 Å². The fraction of sp³-hybridized carbons (Fsp3) is 0.350. The fourth-order valence-electron chi connectivity index (χ4n) is 2.64. The highest BCUT2D eigenvalue weighted by atomic mass is 16.3. The fourth-order valence-corrected chi connectivity index (χ4v) is 2.64. The van der Waals surface area contributed by atoms with Gasteiger partial charge in [-0.15, -0.1) is 0 Å². The Hall–Kier alpha value is -2.33. The van der Waals surface area contributed by atoms with Crippen molar-refractivity contribution in [2.75, 3.05) is 6.61 Å². The molecule has 0 heterocycles. The predicted octanol–water partition coefficient (Wildman–Crippen LogP) is 3.87. The summed E-state index contributed by atoms with van der Waals surface area (Å²) in [6.45, 7) is 4.13. The monoisotopic (exact) mass is 326 g/mol. The molecule has 0 spiro atoms. The Bertz CT molecular complexity index is 626. The van der Waals surface area contributed by atoms with Crippen molar-refractivity contribution in [1.29, 1.82) is 0 Å². The Balaban J connectivity index is 1.98. The summed E-state index contributed by atoms with van der Waals surface area (Å²) >= 11 is 0. The van der Waals surface area contributed by atoms with E-state index in [1.165, 1.54) is 5.56 Å². The first kappa shape index (κ1) is 18.0. The van der Waals surface area contributed by atoms with Crippen molar-refractivity contribution >= 4 is 6.03 Å². The van der Waals surface area contributed by atoms with Gasteiger partial charge < -0.3 is 15.7 Å². The Labute approximate surface area is 143 Å². The lowest BCUT2D eigenvalue weighted by Crippen LogP contribution is -2.39. The van der Waals surface area contributed by atoms with E-state index < -0.39 is 0 Å². The van der Waals surface area contributed by atoms with E-state index >= 15 is 0 Å². The van der Waals surface area contributed by atoms with Gasteiger partial charge in [-0.25, -0.2) is 4.79 Å². The van der Waals surface area contributed by atoms with Gasteiger partial charge in [0.15, 0.2) is 0 Å². The molecule has 0 saturated heterocycles. The zero-order valence-corrected chi connectivity index (χ0v) is 14.3. The molecule has 0 aliphatic heterocycles. The Morgan fingerprint density at radius 2 is 1.67 bits per heavy atom. The quantitative estimate of drug-likeness (QED) is 0.723. The molecular weight excluding hydrogens is 300 g/mol. The lowest BCUT2D eigenvalue weighted by molar-refractivity contribution is 0.230. The average Bonchev–Trinajstić information content (AvgIpc) is 2.59. The van der Waals surface area contributed by atoms with E-state index in [4.69, 9.17) is 5.11 Å². The number of carbonyl (C=O) groups is 1. The second-order valence-corrected chi connectivity index (χ2v) is 6.08. The summed E-state index contributed by atoms with van der Waals surface area (Å²) in [4.78, 5) is 12.4. The molecule has 0 aliphatic rings. The number of benzene rings is 2. The lowest BCUT2D eigenvalue weighted by atomic mass is 10.0. The van der Waals surface area contributed by atoms with Crippen LogP contribution in [0, 0.1) is 6.92 Å². The Morgan fingerprint density at radius 3 is 2.29 bits per heavy atom. The van der Waals surface area contributed by atoms with Crippen LogP contribution in [-0.4, -0.2) is 17.7 Å². The Morgan fingerprint density at radius 1 is 1.00 bits per heavy atom. The van der Waals surface area contributed by atoms with Gasteiger partial charge in [0.05, 0.1) is 12.1 Å². The van der Waals surface area contributed by atoms with E-state index in [2.05, 4.69) is 10.6 Å². The first-order valence-electron chi connectivity index (χ1n) is 8.39. The molecule has 4 nitrogen and oxygen atoms in total. The van der Waals surface area contributed by atoms with Crippen LogP contribution in [0.4, 0.5) is 4.79 Å². The van der Waals surface area contributed by atoms with Crippen molar-refractivity contribution in [1.82, 2.24) is 10.6 Å². The molecule has 4 heteroatoms. The number of aryl methyl sites for hydroxylation is 1. The van der Waals surface area contributed by atoms with Gasteiger partial charge in [-0.3, -0.25) is 0 Å². The summed E-state index contributed by atoms with van der Waals surface area (Å²) in [7, 11) is 0. The number of hydrogen-bond acceptors (Lipinski definition) is 2. The van der Waals surface area contributed by atoms with E-state index in [-0.39, 0.29) is 24.7 Å². The second-order valence-electron chi connectivity index (χ2n) is 6.08. The molecule has 0 fully saturated rings. The highest BCUT2D eigenvalue weighted by molar-refractivity contribution is 5.75. The molecule has 0 radical (unpaired) electrons. The predicted molar refractivity (Wildman–Crippen MR) is 96.8 cm³/mol. The average molecular weight is 326 g/mol. The topological polar surface area (TPSA) is 61.4 Å². The van der Waals surface area contributed by atoms with Crippen molar-refractivity contribution in [3.8, 4) is 0 Å². The van der Waals surface area contributed by atoms with Crippen molar-refractivity contribution in [2.45, 2.75) is 38.8 Å². The van der Waals surface area contributed by atoms with Gasteiger partial charge in [-0.1, -0.05) is 60.2 Å². The van der Waals surface area contributed by atoms with Gasteiger partial charge in [0.1, 0.15) is 0 Å². The van der Waals surface area contributed by atoms with Crippen LogP contribution in [0.2, 0.25) is 0 Å². The molecule has 2 amide bonds. The molecule has 0 bridgehead atoms. The molecular formula is C20H26N2O2. The minimum absolute atomic E-state index is 0.0696. The van der Waals surface area contributed by atoms with Crippen LogP contribution in [0.15, 0.2) is 54.6 Å². The van der Waals surface area contributed by atoms with Crippen molar-refractivity contribution in [2.24, 2.45) is 0 Å². The summed E-state index contributed by atoms with van der Waals surface area (Å²) in [5.74, 6) is 0. The third-order valence-electron chi connectivity index (χ3n) is 4.08. The van der Waals surface area contributed by atoms with Crippen molar-refractivity contribution in [3.63, 3.8) is 0 Å². The summed E-state index contributed by atoms with van der Waals surface area (Å²) in [5, 5.41) is 15.1. The SMILES string of the molecule is Cc1ccc(C(C)NC(=O)NC(CCCO)c2ccccc2)cc1. The summed E-state index contributed by atoms with van der Waals surface area (Å²) in [5.41, 5.74) is 3.31. The number of carbonyl (C=O) groups excluding carboxylic acids is 1. The zero-order valence-electron chi connectivity index (χ0n) is 14.3. The van der Waals surface area contributed by atoms with Crippen LogP contribution >= 0.6 is 0 Å². The molecule has 2 aromatic carbocycles. The van der Waals surface area contributed by atoms with Crippen LogP contribution < -0.4 is 10.6 Å². The minimum Gasteiger partial charge on any atom is -0.396 e. The standard InChI is InChI=1S/C20H26N2O2/c1-15-10-12-17(13-11-15)16(2)21-20(24)22-19(9-6-14-23)18-7-4-3-5-8-18/h3-5,7-8,10-13,16,19,23H,6,9,14H2,1-2H3,(H2,21,22,24). The van der Waals surface area contributed by atoms with Gasteiger partial charge in [0.25, 0.3) is 0 Å². The van der Waals surface area contributed by atoms with Gasteiger partial charge in [0.2, 0.25) is 0 Å². The first-order valence-corrected chi connectivity index (χ1v) is 8.39. The number of aliphatic hydroxyl groups is 1. The molecule has 2 atom stereocenters. The third kappa shape index (κ3) is 5.39. The van der Waals surface area contributed by atoms with E-state index in [1.807, 2.05) is 68.4 Å². The molecule has 2 rings (SSSR count). The Kier molecular flexibility index (Phi) is 6.82. The van der Waals surface area contributed by atoms with E-state index in [0.29, 0.717) is 12.8 Å². The maximum atomic E-state index is 12.4. The molecule has 0 aromatic heterocycles. The maximum absolute atomic E-state index is 12.4. The highest BCUT2D eigenvalue weighted by Gasteiger charge is 2.16. The van der Waals surface area contributed by atoms with Crippen molar-refractivity contribution in [3.05, 3.63) is 71.3 Å². The van der Waals surface area contributed by atoms with Crippen LogP contribution in [0.3, 0.4) is 0 Å². The number of urea groups is 1. The van der Waals surface area contributed by atoms with Gasteiger partial charge in [-0.05, 0) is 37.8 Å². The zero-order chi connectivity index (χ0) is 17.4. The minimum atomic E-state index is -0.199. The second kappa shape index (κ2) is 9.08. The van der Waals surface area contributed by atoms with E-state index in [0.717, 1.165) is 11.1 Å². The maximum Gasteiger partial charge on any atom is 0.315 e. The van der Waals surface area contributed by atoms with Crippen LogP contribution in [0.1, 0.15) is 48.5 Å². The first-order chi connectivity index (χ1) is 11.6. The normalized spacial score (nSPS) is 13.1. The van der Waals surface area contributed by atoms with Crippen LogP contribution in [-0.2, 0) is 0 Å². The third-order valence-corrected chi connectivity index (χ3v) is 4.08. The van der Waals surface area contributed by atoms with Crippen LogP contribution in [0.5, 0.6) is 0 Å². The summed E-state index contributed by atoms with van der Waals surface area (Å²) in [6.07, 6.45) is 1.35. The van der Waals surface area contributed by atoms with E-state index in [1.54, 1.807) is 0 Å². The smallest absolute Gasteiger partial charge is 0.315 e. The van der Waals surface area contributed by atoms with Gasteiger partial charge in [0, 0.05) is 6.61 Å². The molecule has 2 unspecified atom stereocenters. The summed E-state index contributed by atoms with van der Waals surface area (Å²) in [6, 6.07) is 17.6. The number of hydrogen-bond donors (Lipinski definition) is 3. The summed E-state index contributed by atoms with van der Waals surface area (Å²) < 4.78 is 0. The molecule has 2 aromatic rings. The molecule has 0 saturated carbocycles. The lowest BCUT2D eigenvalue weighted by Gasteiger charge is -2.21. The molecule has 24 heavy (non-hydrogen) atoms. The van der Waals surface area contributed by atoms with Crippen LogP contribution in [0.25, 0.3) is 0 Å². The molecule has 128 valence electrons. The number of nitrogens with one attached hydrogen (secondary N) is 2. The highest BCUT2D eigenvalue weighted by Crippen LogP contribution is 2.19. The largest absolute Gasteiger partial charge is 0.396 e. The van der Waals surface area contributed by atoms with Gasteiger partial charge >= 0.3 is 6.03 Å². The number of amides is 2. The molecule has 0 aliphatic carbocycles. The molecule has 3 N–H and O–H groups in total.